The number of ether oxygens (including phenoxy) is 2. The van der Waals surface area contributed by atoms with Gasteiger partial charge in [0.1, 0.15) is 0 Å². The van der Waals surface area contributed by atoms with E-state index in [0.29, 0.717) is 6.42 Å². The molecule has 0 radical (unpaired) electrons. The van der Waals surface area contributed by atoms with Crippen molar-refractivity contribution in [2.75, 3.05) is 19.8 Å². The molecule has 2 unspecified atom stereocenters. The number of hydrogen-bond acceptors (Lipinski definition) is 4. The van der Waals surface area contributed by atoms with E-state index in [4.69, 9.17) is 21.1 Å². The van der Waals surface area contributed by atoms with Gasteiger partial charge in [0.25, 0.3) is 0 Å². The van der Waals surface area contributed by atoms with E-state index in [-0.39, 0.29) is 23.5 Å². The van der Waals surface area contributed by atoms with Crippen LogP contribution in [-0.4, -0.2) is 37.9 Å². The Labute approximate surface area is 140 Å². The zero-order valence-corrected chi connectivity index (χ0v) is 14.3. The van der Waals surface area contributed by atoms with Crippen LogP contribution in [-0.2, 0) is 20.7 Å². The van der Waals surface area contributed by atoms with Crippen LogP contribution in [0.1, 0.15) is 31.1 Å². The molecule has 1 aliphatic heterocycles. The van der Waals surface area contributed by atoms with Crippen molar-refractivity contribution in [1.82, 2.24) is 5.32 Å². The molecule has 1 amide bonds. The molecule has 1 aromatic rings. The number of rotatable bonds is 5. The average molecular weight is 344 g/mol. The normalized spacial score (nSPS) is 26.6. The quantitative estimate of drug-likeness (QED) is 0.894. The molecule has 0 aromatic carbocycles. The molecule has 1 saturated heterocycles. The van der Waals surface area contributed by atoms with Gasteiger partial charge in [-0.2, -0.15) is 0 Å². The molecule has 1 aromatic heterocycles. The van der Waals surface area contributed by atoms with Crippen LogP contribution in [0, 0.1) is 5.41 Å². The maximum atomic E-state index is 12.3. The van der Waals surface area contributed by atoms with Gasteiger partial charge < -0.3 is 14.8 Å². The van der Waals surface area contributed by atoms with E-state index in [0.717, 1.165) is 48.3 Å². The van der Waals surface area contributed by atoms with E-state index in [2.05, 4.69) is 5.32 Å². The predicted octanol–water partition coefficient (Wildman–Crippen LogP) is 3.03. The number of carbonyl (C=O) groups is 1. The minimum Gasteiger partial charge on any atom is -0.381 e. The van der Waals surface area contributed by atoms with Gasteiger partial charge in [-0.15, -0.1) is 11.3 Å². The molecule has 2 heterocycles. The summed E-state index contributed by atoms with van der Waals surface area (Å²) in [7, 11) is 0. The van der Waals surface area contributed by atoms with Crippen molar-refractivity contribution in [2.45, 2.75) is 44.8 Å². The third-order valence-electron chi connectivity index (χ3n) is 4.88. The highest BCUT2D eigenvalue weighted by atomic mass is 35.5. The molecule has 2 atom stereocenters. The third-order valence-corrected chi connectivity index (χ3v) is 6.11. The van der Waals surface area contributed by atoms with Crippen molar-refractivity contribution in [1.29, 1.82) is 0 Å². The maximum absolute atomic E-state index is 12.3. The highest BCUT2D eigenvalue weighted by Gasteiger charge is 2.56. The van der Waals surface area contributed by atoms with Crippen molar-refractivity contribution in [3.63, 3.8) is 0 Å². The second kappa shape index (κ2) is 6.87. The summed E-state index contributed by atoms with van der Waals surface area (Å²) in [6.07, 6.45) is 3.49. The Morgan fingerprint density at radius 1 is 1.50 bits per heavy atom. The van der Waals surface area contributed by atoms with E-state index in [1.165, 1.54) is 11.3 Å². The Kier molecular flexibility index (Phi) is 5.07. The number of amides is 1. The van der Waals surface area contributed by atoms with E-state index < -0.39 is 0 Å². The second-order valence-corrected chi connectivity index (χ2v) is 7.83. The van der Waals surface area contributed by atoms with Gasteiger partial charge in [0, 0.05) is 36.2 Å². The van der Waals surface area contributed by atoms with Crippen molar-refractivity contribution in [2.24, 2.45) is 5.41 Å². The maximum Gasteiger partial charge on any atom is 0.225 e. The summed E-state index contributed by atoms with van der Waals surface area (Å²) >= 11 is 7.38. The summed E-state index contributed by atoms with van der Waals surface area (Å²) < 4.78 is 12.1. The Balaban J connectivity index is 1.60. The summed E-state index contributed by atoms with van der Waals surface area (Å²) in [5.74, 6) is 0.0735. The Morgan fingerprint density at radius 2 is 2.27 bits per heavy atom. The van der Waals surface area contributed by atoms with E-state index in [9.17, 15) is 4.79 Å². The van der Waals surface area contributed by atoms with Crippen LogP contribution in [0.4, 0.5) is 0 Å². The van der Waals surface area contributed by atoms with Crippen LogP contribution < -0.4 is 5.32 Å². The summed E-state index contributed by atoms with van der Waals surface area (Å²) in [5, 5.41) is 3.21. The lowest BCUT2D eigenvalue weighted by atomic mass is 9.57. The van der Waals surface area contributed by atoms with Gasteiger partial charge in [0.05, 0.1) is 16.9 Å². The van der Waals surface area contributed by atoms with Gasteiger partial charge in [-0.05, 0) is 38.3 Å². The Hall–Kier alpha value is -0.620. The predicted molar refractivity (Wildman–Crippen MR) is 87.5 cm³/mol. The fourth-order valence-corrected chi connectivity index (χ4v) is 4.74. The van der Waals surface area contributed by atoms with Gasteiger partial charge in [-0.1, -0.05) is 11.6 Å². The molecule has 1 N–H and O–H groups in total. The molecular formula is C16H22ClNO3S. The molecule has 22 heavy (non-hydrogen) atoms. The lowest BCUT2D eigenvalue weighted by molar-refractivity contribution is -0.175. The molecule has 1 spiro atoms. The van der Waals surface area contributed by atoms with Crippen LogP contribution in [0.5, 0.6) is 0 Å². The van der Waals surface area contributed by atoms with Crippen molar-refractivity contribution in [3.05, 3.63) is 21.3 Å². The SMILES string of the molecule is CCOC1CC(NC(=O)Cc2ccc(Cl)s2)C12CCOCC2. The van der Waals surface area contributed by atoms with Crippen LogP contribution in [0.2, 0.25) is 4.34 Å². The molecule has 4 nitrogen and oxygen atoms in total. The number of halogens is 1. The molecular weight excluding hydrogens is 322 g/mol. The molecule has 1 aliphatic carbocycles. The lowest BCUT2D eigenvalue weighted by Crippen LogP contribution is -2.66. The van der Waals surface area contributed by atoms with Gasteiger partial charge in [0.2, 0.25) is 5.91 Å². The molecule has 6 heteroatoms. The highest BCUT2D eigenvalue weighted by molar-refractivity contribution is 7.16. The highest BCUT2D eigenvalue weighted by Crippen LogP contribution is 2.50. The number of carbonyl (C=O) groups excluding carboxylic acids is 1. The van der Waals surface area contributed by atoms with Gasteiger partial charge in [0.15, 0.2) is 0 Å². The minimum absolute atomic E-state index is 0.0665. The first kappa shape index (κ1) is 16.2. The van der Waals surface area contributed by atoms with Gasteiger partial charge in [-0.3, -0.25) is 4.79 Å². The number of nitrogens with one attached hydrogen (secondary N) is 1. The fraction of sp³-hybridized carbons (Fsp3) is 0.688. The summed E-state index contributed by atoms with van der Waals surface area (Å²) in [6, 6.07) is 3.96. The Morgan fingerprint density at radius 3 is 2.91 bits per heavy atom. The van der Waals surface area contributed by atoms with Crippen molar-refractivity contribution < 1.29 is 14.3 Å². The molecule has 1 saturated carbocycles. The first-order valence-corrected chi connectivity index (χ1v) is 9.06. The van der Waals surface area contributed by atoms with Crippen molar-refractivity contribution in [3.8, 4) is 0 Å². The lowest BCUT2D eigenvalue weighted by Gasteiger charge is -2.57. The first-order valence-electron chi connectivity index (χ1n) is 7.87. The summed E-state index contributed by atoms with van der Waals surface area (Å²) in [5.41, 5.74) is 0.0665. The third kappa shape index (κ3) is 3.18. The largest absolute Gasteiger partial charge is 0.381 e. The standard InChI is InChI=1S/C16H22ClNO3S/c1-2-21-13-10-12(16(13)5-7-20-8-6-16)18-15(19)9-11-3-4-14(17)22-11/h3-4,12-13H,2,5-10H2,1H3,(H,18,19). The monoisotopic (exact) mass is 343 g/mol. The van der Waals surface area contributed by atoms with Gasteiger partial charge >= 0.3 is 0 Å². The molecule has 0 bridgehead atoms. The second-order valence-electron chi connectivity index (χ2n) is 6.03. The Bertz CT molecular complexity index is 527. The fourth-order valence-electron chi connectivity index (χ4n) is 3.66. The van der Waals surface area contributed by atoms with E-state index >= 15 is 0 Å². The number of thiophene rings is 1. The zero-order valence-electron chi connectivity index (χ0n) is 12.8. The van der Waals surface area contributed by atoms with Crippen LogP contribution in [0.25, 0.3) is 0 Å². The first-order chi connectivity index (χ1) is 10.6. The van der Waals surface area contributed by atoms with E-state index in [1.807, 2.05) is 19.1 Å². The topological polar surface area (TPSA) is 47.6 Å². The minimum atomic E-state index is 0.0665. The van der Waals surface area contributed by atoms with Crippen LogP contribution >= 0.6 is 22.9 Å². The summed E-state index contributed by atoms with van der Waals surface area (Å²) in [6.45, 7) is 4.27. The summed E-state index contributed by atoms with van der Waals surface area (Å²) in [4.78, 5) is 13.3. The van der Waals surface area contributed by atoms with Crippen molar-refractivity contribution >= 4 is 28.8 Å². The van der Waals surface area contributed by atoms with Crippen LogP contribution in [0.15, 0.2) is 12.1 Å². The number of hydrogen-bond donors (Lipinski definition) is 1. The van der Waals surface area contributed by atoms with E-state index in [1.54, 1.807) is 0 Å². The average Bonchev–Trinajstić information content (AvgIpc) is 2.92. The van der Waals surface area contributed by atoms with Gasteiger partial charge in [-0.25, -0.2) is 0 Å². The smallest absolute Gasteiger partial charge is 0.225 e. The molecule has 2 aliphatic rings. The molecule has 3 rings (SSSR count). The van der Waals surface area contributed by atoms with Crippen LogP contribution in [0.3, 0.4) is 0 Å². The zero-order chi connectivity index (χ0) is 15.6. The molecule has 122 valence electrons. The molecule has 2 fully saturated rings.